The standard InChI is InChI=1S/C25H23ClN2O2S/c1-2-17-28-24(20-13-7-4-8-14-20)23(19-11-5-3-6-12-19)27-25(28)31(29,30)18-21-15-9-10-16-22(21)26/h3-16H,2,17-18H2,1H3. The van der Waals surface area contributed by atoms with Crippen molar-refractivity contribution in [3.63, 3.8) is 0 Å². The molecule has 4 aromatic rings. The Bertz CT molecular complexity index is 1280. The van der Waals surface area contributed by atoms with E-state index < -0.39 is 9.84 Å². The molecule has 0 aliphatic rings. The van der Waals surface area contributed by atoms with E-state index in [9.17, 15) is 8.42 Å². The van der Waals surface area contributed by atoms with E-state index in [4.69, 9.17) is 16.6 Å². The lowest BCUT2D eigenvalue weighted by molar-refractivity contribution is 0.558. The summed E-state index contributed by atoms with van der Waals surface area (Å²) in [4.78, 5) is 4.70. The SMILES string of the molecule is CCCn1c(S(=O)(=O)Cc2ccccc2Cl)nc(-c2ccccc2)c1-c1ccccc1. The van der Waals surface area contributed by atoms with Crippen LogP contribution < -0.4 is 0 Å². The first-order valence-corrected chi connectivity index (χ1v) is 12.2. The molecule has 0 amide bonds. The van der Waals surface area contributed by atoms with Crippen molar-refractivity contribution >= 4 is 21.4 Å². The number of nitrogens with zero attached hydrogens (tertiary/aromatic N) is 2. The molecule has 0 unspecified atom stereocenters. The summed E-state index contributed by atoms with van der Waals surface area (Å²) in [6, 6.07) is 26.5. The minimum atomic E-state index is -3.74. The molecule has 0 spiro atoms. The highest BCUT2D eigenvalue weighted by molar-refractivity contribution is 7.90. The van der Waals surface area contributed by atoms with Crippen molar-refractivity contribution in [3.05, 3.63) is 95.5 Å². The van der Waals surface area contributed by atoms with E-state index in [0.29, 0.717) is 22.8 Å². The Kier molecular flexibility index (Phi) is 6.25. The van der Waals surface area contributed by atoms with Crippen molar-refractivity contribution in [2.45, 2.75) is 30.8 Å². The van der Waals surface area contributed by atoms with Gasteiger partial charge in [0.2, 0.25) is 15.0 Å². The van der Waals surface area contributed by atoms with Crippen LogP contribution in [-0.2, 0) is 22.1 Å². The lowest BCUT2D eigenvalue weighted by Gasteiger charge is -2.13. The normalized spacial score (nSPS) is 11.5. The van der Waals surface area contributed by atoms with E-state index in [-0.39, 0.29) is 10.9 Å². The third kappa shape index (κ3) is 4.43. The smallest absolute Gasteiger partial charge is 0.229 e. The molecule has 4 nitrogen and oxygen atoms in total. The molecule has 158 valence electrons. The first-order chi connectivity index (χ1) is 15.0. The Morgan fingerprint density at radius 3 is 2.03 bits per heavy atom. The van der Waals surface area contributed by atoms with Crippen molar-refractivity contribution in [2.75, 3.05) is 0 Å². The van der Waals surface area contributed by atoms with E-state index >= 15 is 0 Å². The molecule has 0 aliphatic heterocycles. The van der Waals surface area contributed by atoms with Crippen molar-refractivity contribution in [3.8, 4) is 22.5 Å². The molecule has 0 aliphatic carbocycles. The summed E-state index contributed by atoms with van der Waals surface area (Å²) >= 11 is 6.26. The number of hydrogen-bond donors (Lipinski definition) is 0. The third-order valence-electron chi connectivity index (χ3n) is 5.06. The van der Waals surface area contributed by atoms with Gasteiger partial charge in [-0.15, -0.1) is 0 Å². The number of aromatic nitrogens is 2. The van der Waals surface area contributed by atoms with Gasteiger partial charge in [-0.1, -0.05) is 97.4 Å². The Labute approximate surface area is 188 Å². The Morgan fingerprint density at radius 2 is 1.42 bits per heavy atom. The molecule has 0 radical (unpaired) electrons. The van der Waals surface area contributed by atoms with Crippen LogP contribution in [0.5, 0.6) is 0 Å². The quantitative estimate of drug-likeness (QED) is 0.334. The maximum absolute atomic E-state index is 13.5. The Morgan fingerprint density at radius 1 is 0.839 bits per heavy atom. The monoisotopic (exact) mass is 450 g/mol. The lowest BCUT2D eigenvalue weighted by atomic mass is 10.0. The predicted molar refractivity (Wildman–Crippen MR) is 126 cm³/mol. The summed E-state index contributed by atoms with van der Waals surface area (Å²) in [7, 11) is -3.74. The fourth-order valence-electron chi connectivity index (χ4n) is 3.67. The summed E-state index contributed by atoms with van der Waals surface area (Å²) in [5.74, 6) is -0.199. The number of sulfone groups is 1. The second-order valence-corrected chi connectivity index (χ2v) is 9.62. The molecular weight excluding hydrogens is 428 g/mol. The van der Waals surface area contributed by atoms with Crippen LogP contribution in [0.3, 0.4) is 0 Å². The van der Waals surface area contributed by atoms with Gasteiger partial charge in [-0.2, -0.15) is 0 Å². The second kappa shape index (κ2) is 9.08. The van der Waals surface area contributed by atoms with Crippen LogP contribution in [0.25, 0.3) is 22.5 Å². The van der Waals surface area contributed by atoms with Crippen LogP contribution in [0.15, 0.2) is 90.1 Å². The van der Waals surface area contributed by atoms with Gasteiger partial charge >= 0.3 is 0 Å². The zero-order valence-corrected chi connectivity index (χ0v) is 18.8. The zero-order chi connectivity index (χ0) is 21.8. The summed E-state index contributed by atoms with van der Waals surface area (Å²) in [6.07, 6.45) is 0.777. The third-order valence-corrected chi connectivity index (χ3v) is 6.98. The van der Waals surface area contributed by atoms with Crippen molar-refractivity contribution in [1.82, 2.24) is 9.55 Å². The molecular formula is C25H23ClN2O2S. The van der Waals surface area contributed by atoms with Crippen LogP contribution in [-0.4, -0.2) is 18.0 Å². The molecule has 1 heterocycles. The molecule has 1 aromatic heterocycles. The molecule has 0 saturated heterocycles. The van der Waals surface area contributed by atoms with Gasteiger partial charge in [0.05, 0.1) is 17.1 Å². The molecule has 0 N–H and O–H groups in total. The maximum Gasteiger partial charge on any atom is 0.229 e. The highest BCUT2D eigenvalue weighted by atomic mass is 35.5. The molecule has 6 heteroatoms. The average molecular weight is 451 g/mol. The number of halogens is 1. The lowest BCUT2D eigenvalue weighted by Crippen LogP contribution is -2.14. The fourth-order valence-corrected chi connectivity index (χ4v) is 5.49. The van der Waals surface area contributed by atoms with E-state index in [1.54, 1.807) is 24.3 Å². The minimum absolute atomic E-state index is 0.0759. The van der Waals surface area contributed by atoms with Crippen LogP contribution in [0.2, 0.25) is 5.02 Å². The number of benzene rings is 3. The van der Waals surface area contributed by atoms with E-state index in [2.05, 4.69) is 0 Å². The average Bonchev–Trinajstić information content (AvgIpc) is 3.17. The number of imidazole rings is 1. The van der Waals surface area contributed by atoms with Crippen LogP contribution in [0.1, 0.15) is 18.9 Å². The van der Waals surface area contributed by atoms with Crippen molar-refractivity contribution < 1.29 is 8.42 Å². The van der Waals surface area contributed by atoms with Crippen LogP contribution >= 0.6 is 11.6 Å². The Hall–Kier alpha value is -2.89. The van der Waals surface area contributed by atoms with Gasteiger partial charge in [0.1, 0.15) is 0 Å². The molecule has 0 saturated carbocycles. The number of hydrogen-bond acceptors (Lipinski definition) is 3. The highest BCUT2D eigenvalue weighted by Crippen LogP contribution is 2.35. The van der Waals surface area contributed by atoms with Crippen molar-refractivity contribution in [1.29, 1.82) is 0 Å². The van der Waals surface area contributed by atoms with Crippen LogP contribution in [0, 0.1) is 0 Å². The summed E-state index contributed by atoms with van der Waals surface area (Å²) < 4.78 is 28.9. The summed E-state index contributed by atoms with van der Waals surface area (Å²) in [5.41, 5.74) is 3.86. The van der Waals surface area contributed by atoms with E-state index in [1.165, 1.54) is 0 Å². The van der Waals surface area contributed by atoms with Gasteiger partial charge in [-0.25, -0.2) is 13.4 Å². The molecule has 4 rings (SSSR count). The van der Waals surface area contributed by atoms with Gasteiger partial charge in [0, 0.05) is 22.7 Å². The highest BCUT2D eigenvalue weighted by Gasteiger charge is 2.28. The first-order valence-electron chi connectivity index (χ1n) is 10.2. The first kappa shape index (κ1) is 21.3. The van der Waals surface area contributed by atoms with Gasteiger partial charge in [0.25, 0.3) is 0 Å². The predicted octanol–water partition coefficient (Wildman–Crippen LogP) is 6.25. The van der Waals surface area contributed by atoms with Gasteiger partial charge in [-0.3, -0.25) is 0 Å². The minimum Gasteiger partial charge on any atom is -0.314 e. The summed E-state index contributed by atoms with van der Waals surface area (Å²) in [5, 5.41) is 0.512. The van der Waals surface area contributed by atoms with E-state index in [0.717, 1.165) is 23.2 Å². The second-order valence-electron chi connectivity index (χ2n) is 7.33. The van der Waals surface area contributed by atoms with Crippen LogP contribution in [0.4, 0.5) is 0 Å². The van der Waals surface area contributed by atoms with Gasteiger partial charge in [-0.05, 0) is 18.1 Å². The van der Waals surface area contributed by atoms with Gasteiger partial charge < -0.3 is 4.57 Å². The van der Waals surface area contributed by atoms with Gasteiger partial charge in [0.15, 0.2) is 0 Å². The molecule has 0 atom stereocenters. The maximum atomic E-state index is 13.5. The molecule has 0 fully saturated rings. The van der Waals surface area contributed by atoms with E-state index in [1.807, 2.05) is 72.2 Å². The van der Waals surface area contributed by atoms with Crippen molar-refractivity contribution in [2.24, 2.45) is 0 Å². The Balaban J connectivity index is 1.94. The largest absolute Gasteiger partial charge is 0.314 e. The molecule has 3 aromatic carbocycles. The molecule has 31 heavy (non-hydrogen) atoms. The fraction of sp³-hybridized carbons (Fsp3) is 0.160. The number of rotatable bonds is 7. The topological polar surface area (TPSA) is 52.0 Å². The molecule has 0 bridgehead atoms. The summed E-state index contributed by atoms with van der Waals surface area (Å²) in [6.45, 7) is 2.57. The zero-order valence-electron chi connectivity index (χ0n) is 17.2.